The maximum Gasteiger partial charge on any atom is 0.110 e. The fourth-order valence-electron chi connectivity index (χ4n) is 2.44. The molecular weight excluding hydrogens is 268 g/mol. The molecule has 1 aromatic rings. The zero-order valence-corrected chi connectivity index (χ0v) is 12.6. The van der Waals surface area contributed by atoms with E-state index in [1.807, 2.05) is 0 Å². The summed E-state index contributed by atoms with van der Waals surface area (Å²) in [6.07, 6.45) is 2.50. The van der Waals surface area contributed by atoms with Gasteiger partial charge in [-0.3, -0.25) is 4.90 Å². The van der Waals surface area contributed by atoms with Gasteiger partial charge in [-0.15, -0.1) is 22.9 Å². The van der Waals surface area contributed by atoms with Crippen LogP contribution in [0.5, 0.6) is 0 Å². The van der Waals surface area contributed by atoms with Gasteiger partial charge in [0.05, 0.1) is 23.7 Å². The molecule has 18 heavy (non-hydrogen) atoms. The number of rotatable bonds is 4. The van der Waals surface area contributed by atoms with E-state index in [2.05, 4.69) is 29.1 Å². The third kappa shape index (κ3) is 3.44. The van der Waals surface area contributed by atoms with Gasteiger partial charge in [0.1, 0.15) is 5.01 Å². The van der Waals surface area contributed by atoms with Gasteiger partial charge in [0.25, 0.3) is 0 Å². The average Bonchev–Trinajstić information content (AvgIpc) is 2.73. The highest BCUT2D eigenvalue weighted by Gasteiger charge is 2.25. The van der Waals surface area contributed by atoms with Crippen molar-refractivity contribution in [3.63, 3.8) is 0 Å². The molecule has 2 heterocycles. The second-order valence-corrected chi connectivity index (χ2v) is 5.92. The Labute approximate surface area is 118 Å². The summed E-state index contributed by atoms with van der Waals surface area (Å²) in [6, 6.07) is 0.413. The first kappa shape index (κ1) is 14.3. The van der Waals surface area contributed by atoms with E-state index in [0.29, 0.717) is 18.0 Å². The normalized spacial score (nSPS) is 23.8. The Morgan fingerprint density at radius 3 is 3.17 bits per heavy atom. The van der Waals surface area contributed by atoms with Crippen molar-refractivity contribution in [1.82, 2.24) is 9.88 Å². The smallest absolute Gasteiger partial charge is 0.110 e. The van der Waals surface area contributed by atoms with Crippen LogP contribution in [0, 0.1) is 0 Å². The molecule has 1 saturated heterocycles. The fraction of sp³-hybridized carbons (Fsp3) is 0.769. The monoisotopic (exact) mass is 288 g/mol. The van der Waals surface area contributed by atoms with Crippen molar-refractivity contribution in [2.24, 2.45) is 0 Å². The van der Waals surface area contributed by atoms with Crippen LogP contribution in [0.3, 0.4) is 0 Å². The number of ether oxygens (including phenoxy) is 1. The minimum Gasteiger partial charge on any atom is -0.377 e. The summed E-state index contributed by atoms with van der Waals surface area (Å²) in [5, 5.41) is 3.27. The summed E-state index contributed by atoms with van der Waals surface area (Å²) in [7, 11) is 0. The zero-order chi connectivity index (χ0) is 13.0. The van der Waals surface area contributed by atoms with Crippen LogP contribution in [0.4, 0.5) is 0 Å². The molecule has 0 aromatic carbocycles. The molecule has 5 heteroatoms. The lowest BCUT2D eigenvalue weighted by molar-refractivity contribution is 0.0600. The van der Waals surface area contributed by atoms with Crippen LogP contribution in [0.25, 0.3) is 0 Å². The van der Waals surface area contributed by atoms with Crippen molar-refractivity contribution in [1.29, 1.82) is 0 Å². The molecule has 0 saturated carbocycles. The van der Waals surface area contributed by atoms with Gasteiger partial charge in [0, 0.05) is 25.1 Å². The molecule has 1 aromatic heterocycles. The van der Waals surface area contributed by atoms with Gasteiger partial charge < -0.3 is 4.74 Å². The fourth-order valence-corrected chi connectivity index (χ4v) is 3.70. The molecule has 0 amide bonds. The summed E-state index contributed by atoms with van der Waals surface area (Å²) in [5.41, 5.74) is 0.995. The topological polar surface area (TPSA) is 25.4 Å². The molecule has 0 spiro atoms. The lowest BCUT2D eigenvalue weighted by atomic mass is 10.1. The Bertz CT molecular complexity index is 372. The molecule has 0 N–H and O–H groups in total. The molecule has 2 unspecified atom stereocenters. The molecule has 2 atom stereocenters. The van der Waals surface area contributed by atoms with Gasteiger partial charge in [0.15, 0.2) is 0 Å². The molecule has 1 fully saturated rings. The van der Waals surface area contributed by atoms with Crippen molar-refractivity contribution in [2.75, 3.05) is 19.7 Å². The van der Waals surface area contributed by atoms with Crippen LogP contribution in [-0.2, 0) is 10.6 Å². The quantitative estimate of drug-likeness (QED) is 0.794. The second-order valence-electron chi connectivity index (χ2n) is 4.76. The van der Waals surface area contributed by atoms with E-state index in [1.54, 1.807) is 11.3 Å². The number of halogens is 1. The molecule has 102 valence electrons. The molecule has 1 aliphatic rings. The number of hydrogen-bond acceptors (Lipinski definition) is 4. The number of aromatic nitrogens is 1. The lowest BCUT2D eigenvalue weighted by Gasteiger charge is -2.29. The highest BCUT2D eigenvalue weighted by Crippen LogP contribution is 2.29. The van der Waals surface area contributed by atoms with Crippen molar-refractivity contribution in [2.45, 2.75) is 44.7 Å². The minimum atomic E-state index is 0.314. The Morgan fingerprint density at radius 1 is 1.67 bits per heavy atom. The number of alkyl halides is 1. The summed E-state index contributed by atoms with van der Waals surface area (Å²) in [6.45, 7) is 7.34. The van der Waals surface area contributed by atoms with Crippen LogP contribution in [0.1, 0.15) is 43.4 Å². The predicted octanol–water partition coefficient (Wildman–Crippen LogP) is 3.44. The lowest BCUT2D eigenvalue weighted by Crippen LogP contribution is -2.33. The largest absolute Gasteiger partial charge is 0.377 e. The summed E-state index contributed by atoms with van der Waals surface area (Å²) in [4.78, 5) is 7.14. The maximum atomic E-state index is 5.83. The molecule has 0 radical (unpaired) electrons. The number of thiazole rings is 1. The SMILES string of the molecule is CCC(c1nc(CCl)cs1)N1CCCOC(C)C1. The first-order valence-electron chi connectivity index (χ1n) is 6.60. The van der Waals surface area contributed by atoms with Gasteiger partial charge in [0.2, 0.25) is 0 Å². The Hall–Kier alpha value is -0.160. The minimum absolute atomic E-state index is 0.314. The highest BCUT2D eigenvalue weighted by molar-refractivity contribution is 7.09. The summed E-state index contributed by atoms with van der Waals surface area (Å²) < 4.78 is 5.71. The maximum absolute atomic E-state index is 5.83. The molecule has 3 nitrogen and oxygen atoms in total. The van der Waals surface area contributed by atoms with Crippen LogP contribution >= 0.6 is 22.9 Å². The van der Waals surface area contributed by atoms with Crippen LogP contribution in [0.2, 0.25) is 0 Å². The molecule has 0 bridgehead atoms. The number of hydrogen-bond donors (Lipinski definition) is 0. The highest BCUT2D eigenvalue weighted by atomic mass is 35.5. The van der Waals surface area contributed by atoms with Crippen LogP contribution < -0.4 is 0 Å². The Kier molecular flexibility index (Phi) is 5.42. The van der Waals surface area contributed by atoms with Crippen molar-refractivity contribution >= 4 is 22.9 Å². The van der Waals surface area contributed by atoms with Crippen molar-refractivity contribution in [3.8, 4) is 0 Å². The van der Waals surface area contributed by atoms with E-state index in [0.717, 1.165) is 38.2 Å². The van der Waals surface area contributed by atoms with Crippen LogP contribution in [0.15, 0.2) is 5.38 Å². The van der Waals surface area contributed by atoms with Gasteiger partial charge in [-0.2, -0.15) is 0 Å². The van der Waals surface area contributed by atoms with E-state index in [1.165, 1.54) is 5.01 Å². The third-order valence-corrected chi connectivity index (χ3v) is 4.57. The predicted molar refractivity (Wildman–Crippen MR) is 76.3 cm³/mol. The zero-order valence-electron chi connectivity index (χ0n) is 11.1. The van der Waals surface area contributed by atoms with E-state index >= 15 is 0 Å². The van der Waals surface area contributed by atoms with E-state index in [-0.39, 0.29) is 0 Å². The molecule has 0 aliphatic carbocycles. The molecular formula is C13H21ClN2OS. The van der Waals surface area contributed by atoms with Gasteiger partial charge in [-0.25, -0.2) is 4.98 Å². The van der Waals surface area contributed by atoms with Crippen molar-refractivity contribution in [3.05, 3.63) is 16.1 Å². The second kappa shape index (κ2) is 6.85. The van der Waals surface area contributed by atoms with Gasteiger partial charge in [-0.1, -0.05) is 6.92 Å². The summed E-state index contributed by atoms with van der Waals surface area (Å²) >= 11 is 7.56. The van der Waals surface area contributed by atoms with Gasteiger partial charge in [-0.05, 0) is 19.8 Å². The molecule has 1 aliphatic heterocycles. The standard InChI is InChI=1S/C13H21ClN2OS/c1-3-12(13-15-11(7-14)9-18-13)16-5-4-6-17-10(2)8-16/h9-10,12H,3-8H2,1-2H3. The first-order chi connectivity index (χ1) is 8.74. The average molecular weight is 289 g/mol. The number of nitrogens with zero attached hydrogens (tertiary/aromatic N) is 2. The van der Waals surface area contributed by atoms with Crippen molar-refractivity contribution < 1.29 is 4.74 Å². The third-order valence-electron chi connectivity index (χ3n) is 3.30. The Morgan fingerprint density at radius 2 is 2.50 bits per heavy atom. The van der Waals surface area contributed by atoms with E-state index in [9.17, 15) is 0 Å². The Balaban J connectivity index is 2.11. The molecule has 2 rings (SSSR count). The summed E-state index contributed by atoms with van der Waals surface area (Å²) in [5.74, 6) is 0.506. The van der Waals surface area contributed by atoms with E-state index in [4.69, 9.17) is 16.3 Å². The first-order valence-corrected chi connectivity index (χ1v) is 8.02. The van der Waals surface area contributed by atoms with Gasteiger partial charge >= 0.3 is 0 Å². The van der Waals surface area contributed by atoms with Crippen LogP contribution in [-0.4, -0.2) is 35.7 Å². The van der Waals surface area contributed by atoms with E-state index < -0.39 is 0 Å².